The van der Waals surface area contributed by atoms with Gasteiger partial charge in [-0.05, 0) is 19.9 Å². The molecule has 0 aromatic carbocycles. The second-order valence-electron chi connectivity index (χ2n) is 4.03. The molecule has 1 saturated heterocycles. The van der Waals surface area contributed by atoms with Crippen LogP contribution in [0.25, 0.3) is 0 Å². The number of hydrogen-bond donors (Lipinski definition) is 0. The molecule has 88 valence electrons. The molecule has 1 aliphatic heterocycles. The summed E-state index contributed by atoms with van der Waals surface area (Å²) in [5.74, 6) is 1.12. The van der Waals surface area contributed by atoms with Gasteiger partial charge in [-0.3, -0.25) is 9.69 Å². The molecule has 1 fully saturated rings. The summed E-state index contributed by atoms with van der Waals surface area (Å²) in [7, 11) is 1.45. The van der Waals surface area contributed by atoms with Crippen LogP contribution in [0.3, 0.4) is 0 Å². The van der Waals surface area contributed by atoms with Crippen molar-refractivity contribution in [1.29, 1.82) is 0 Å². The normalized spacial score (nSPS) is 27.7. The summed E-state index contributed by atoms with van der Waals surface area (Å²) in [4.78, 5) is 13.4. The van der Waals surface area contributed by atoms with Gasteiger partial charge in [0.2, 0.25) is 0 Å². The quantitative estimate of drug-likeness (QED) is 0.690. The van der Waals surface area contributed by atoms with E-state index in [9.17, 15) is 4.79 Å². The lowest BCUT2D eigenvalue weighted by atomic mass is 10.2. The molecule has 0 aliphatic carbocycles. The summed E-state index contributed by atoms with van der Waals surface area (Å²) in [6.45, 7) is 6.72. The SMILES string of the molecule is COC(=O)CCCN1CCSC(C)C1C. The number of methoxy groups -OCH3 is 1. The maximum absolute atomic E-state index is 11.0. The third-order valence-electron chi connectivity index (χ3n) is 3.07. The number of thioether (sulfide) groups is 1. The molecular weight excluding hydrogens is 210 g/mol. The molecule has 3 nitrogen and oxygen atoms in total. The molecule has 0 N–H and O–H groups in total. The molecule has 1 heterocycles. The first-order chi connectivity index (χ1) is 7.15. The molecule has 0 spiro atoms. The van der Waals surface area contributed by atoms with Crippen LogP contribution < -0.4 is 0 Å². The Morgan fingerprint density at radius 2 is 2.27 bits per heavy atom. The minimum atomic E-state index is -0.0953. The monoisotopic (exact) mass is 231 g/mol. The van der Waals surface area contributed by atoms with Crippen LogP contribution in [0.2, 0.25) is 0 Å². The van der Waals surface area contributed by atoms with Crippen LogP contribution in [0.5, 0.6) is 0 Å². The van der Waals surface area contributed by atoms with Crippen LogP contribution in [0, 0.1) is 0 Å². The van der Waals surface area contributed by atoms with E-state index in [4.69, 9.17) is 0 Å². The van der Waals surface area contributed by atoms with Crippen LogP contribution >= 0.6 is 11.8 Å². The molecule has 0 aromatic rings. The van der Waals surface area contributed by atoms with E-state index in [-0.39, 0.29) is 5.97 Å². The second kappa shape index (κ2) is 6.38. The largest absolute Gasteiger partial charge is 0.469 e. The van der Waals surface area contributed by atoms with Crippen molar-refractivity contribution in [3.8, 4) is 0 Å². The fourth-order valence-corrected chi connectivity index (χ4v) is 3.00. The third kappa shape index (κ3) is 4.03. The van der Waals surface area contributed by atoms with Gasteiger partial charge < -0.3 is 4.74 Å². The number of rotatable bonds is 4. The van der Waals surface area contributed by atoms with Gasteiger partial charge in [0.25, 0.3) is 0 Å². The molecule has 0 radical (unpaired) electrons. The number of ether oxygens (including phenoxy) is 1. The topological polar surface area (TPSA) is 29.5 Å². The molecule has 1 aliphatic rings. The molecule has 0 bridgehead atoms. The Kier molecular flexibility index (Phi) is 5.47. The summed E-state index contributed by atoms with van der Waals surface area (Å²) < 4.78 is 4.63. The van der Waals surface area contributed by atoms with Gasteiger partial charge in [0, 0.05) is 30.0 Å². The van der Waals surface area contributed by atoms with Crippen LogP contribution in [0.1, 0.15) is 26.7 Å². The fourth-order valence-electron chi connectivity index (χ4n) is 1.84. The standard InChI is InChI=1S/C11H21NO2S/c1-9-10(2)15-8-7-12(9)6-4-5-11(13)14-3/h9-10H,4-8H2,1-3H3. The second-order valence-corrected chi connectivity index (χ2v) is 5.52. The summed E-state index contributed by atoms with van der Waals surface area (Å²) in [6.07, 6.45) is 1.45. The van der Waals surface area contributed by atoms with Crippen molar-refractivity contribution < 1.29 is 9.53 Å². The molecule has 15 heavy (non-hydrogen) atoms. The lowest BCUT2D eigenvalue weighted by Gasteiger charge is -2.37. The minimum absolute atomic E-state index is 0.0953. The van der Waals surface area contributed by atoms with Crippen molar-refractivity contribution in [1.82, 2.24) is 4.90 Å². The van der Waals surface area contributed by atoms with Crippen molar-refractivity contribution in [2.75, 3.05) is 26.0 Å². The molecular formula is C11H21NO2S. The maximum Gasteiger partial charge on any atom is 0.305 e. The van der Waals surface area contributed by atoms with E-state index >= 15 is 0 Å². The van der Waals surface area contributed by atoms with Gasteiger partial charge >= 0.3 is 5.97 Å². The Labute approximate surface area is 96.5 Å². The van der Waals surface area contributed by atoms with E-state index in [2.05, 4.69) is 23.5 Å². The number of carbonyl (C=O) groups is 1. The zero-order valence-corrected chi connectivity index (χ0v) is 10.7. The smallest absolute Gasteiger partial charge is 0.305 e. The zero-order valence-electron chi connectivity index (χ0n) is 9.86. The molecule has 2 unspecified atom stereocenters. The molecule has 0 amide bonds. The van der Waals surface area contributed by atoms with Crippen molar-refractivity contribution in [3.63, 3.8) is 0 Å². The Bertz CT molecular complexity index is 211. The van der Waals surface area contributed by atoms with Gasteiger partial charge in [-0.1, -0.05) is 6.92 Å². The first-order valence-electron chi connectivity index (χ1n) is 5.57. The molecule has 4 heteroatoms. The summed E-state index contributed by atoms with van der Waals surface area (Å²) in [5.41, 5.74) is 0. The maximum atomic E-state index is 11.0. The van der Waals surface area contributed by atoms with E-state index in [0.29, 0.717) is 17.7 Å². The lowest BCUT2D eigenvalue weighted by molar-refractivity contribution is -0.140. The number of hydrogen-bond acceptors (Lipinski definition) is 4. The van der Waals surface area contributed by atoms with Gasteiger partial charge in [-0.15, -0.1) is 0 Å². The van der Waals surface area contributed by atoms with Crippen LogP contribution in [-0.4, -0.2) is 48.1 Å². The van der Waals surface area contributed by atoms with Gasteiger partial charge in [0.15, 0.2) is 0 Å². The van der Waals surface area contributed by atoms with Crippen molar-refractivity contribution in [2.24, 2.45) is 0 Å². The van der Waals surface area contributed by atoms with Crippen molar-refractivity contribution >= 4 is 17.7 Å². The first-order valence-corrected chi connectivity index (χ1v) is 6.62. The van der Waals surface area contributed by atoms with Crippen molar-refractivity contribution in [2.45, 2.75) is 38.0 Å². The summed E-state index contributed by atoms with van der Waals surface area (Å²) >= 11 is 2.04. The van der Waals surface area contributed by atoms with Crippen LogP contribution in [0.15, 0.2) is 0 Å². The van der Waals surface area contributed by atoms with E-state index in [0.717, 1.165) is 19.5 Å². The van der Waals surface area contributed by atoms with Gasteiger partial charge in [0.05, 0.1) is 7.11 Å². The van der Waals surface area contributed by atoms with E-state index in [1.807, 2.05) is 11.8 Å². The average Bonchev–Trinajstić information content (AvgIpc) is 2.24. The molecule has 0 aromatic heterocycles. The number of nitrogens with zero attached hydrogens (tertiary/aromatic N) is 1. The predicted octanol–water partition coefficient (Wildman–Crippen LogP) is 1.77. The Hall–Kier alpha value is -0.220. The highest BCUT2D eigenvalue weighted by atomic mass is 32.2. The zero-order chi connectivity index (χ0) is 11.3. The van der Waals surface area contributed by atoms with Gasteiger partial charge in [-0.25, -0.2) is 0 Å². The molecule has 2 atom stereocenters. The van der Waals surface area contributed by atoms with E-state index in [1.165, 1.54) is 12.9 Å². The fraction of sp³-hybridized carbons (Fsp3) is 0.909. The highest BCUT2D eigenvalue weighted by Gasteiger charge is 2.24. The lowest BCUT2D eigenvalue weighted by Crippen LogP contribution is -2.45. The van der Waals surface area contributed by atoms with Gasteiger partial charge in [-0.2, -0.15) is 11.8 Å². The Balaban J connectivity index is 2.22. The van der Waals surface area contributed by atoms with E-state index < -0.39 is 0 Å². The molecule has 1 rings (SSSR count). The Morgan fingerprint density at radius 1 is 1.53 bits per heavy atom. The average molecular weight is 231 g/mol. The van der Waals surface area contributed by atoms with Crippen molar-refractivity contribution in [3.05, 3.63) is 0 Å². The Morgan fingerprint density at radius 3 is 2.93 bits per heavy atom. The highest BCUT2D eigenvalue weighted by molar-refractivity contribution is 8.00. The summed E-state index contributed by atoms with van der Waals surface area (Å²) in [5, 5.41) is 0.705. The first kappa shape index (κ1) is 12.8. The number of carbonyl (C=O) groups excluding carboxylic acids is 1. The molecule has 0 saturated carbocycles. The highest BCUT2D eigenvalue weighted by Crippen LogP contribution is 2.24. The third-order valence-corrected chi connectivity index (χ3v) is 4.41. The summed E-state index contributed by atoms with van der Waals surface area (Å²) in [6, 6.07) is 0.626. The minimum Gasteiger partial charge on any atom is -0.469 e. The van der Waals surface area contributed by atoms with Gasteiger partial charge in [0.1, 0.15) is 0 Å². The number of esters is 1. The predicted molar refractivity (Wildman–Crippen MR) is 64.2 cm³/mol. The van der Waals surface area contributed by atoms with Crippen LogP contribution in [-0.2, 0) is 9.53 Å². The van der Waals surface area contributed by atoms with E-state index in [1.54, 1.807) is 0 Å². The van der Waals surface area contributed by atoms with Crippen LogP contribution in [0.4, 0.5) is 0 Å².